The minimum atomic E-state index is 0.715. The van der Waals surface area contributed by atoms with E-state index in [4.69, 9.17) is 4.74 Å². The molecule has 1 aromatic carbocycles. The average Bonchev–Trinajstić information content (AvgIpc) is 3.34. The number of para-hydroxylation sites is 1. The first-order valence-corrected chi connectivity index (χ1v) is 8.62. The molecule has 1 N–H and O–H groups in total. The van der Waals surface area contributed by atoms with Gasteiger partial charge in [0.15, 0.2) is 0 Å². The van der Waals surface area contributed by atoms with Gasteiger partial charge in [-0.15, -0.1) is 0 Å². The summed E-state index contributed by atoms with van der Waals surface area (Å²) >= 11 is 0. The molecule has 1 saturated carbocycles. The standard InChI is InChI=1S/C19H31NO/c1-4-15(5-2)12-16(14-20-18-10-11-18)13-17-8-6-7-9-19(17)21-3/h6-9,15-16,18,20H,4-5,10-14H2,1-3H3. The number of methoxy groups -OCH3 is 1. The number of ether oxygens (including phenoxy) is 1. The molecule has 1 atom stereocenters. The molecule has 0 spiro atoms. The monoisotopic (exact) mass is 289 g/mol. The largest absolute Gasteiger partial charge is 0.496 e. The number of hydrogen-bond acceptors (Lipinski definition) is 2. The molecule has 1 aromatic rings. The van der Waals surface area contributed by atoms with Crippen LogP contribution < -0.4 is 10.1 Å². The first-order chi connectivity index (χ1) is 10.3. The molecular weight excluding hydrogens is 258 g/mol. The van der Waals surface area contributed by atoms with Crippen molar-refractivity contribution in [3.63, 3.8) is 0 Å². The molecule has 2 nitrogen and oxygen atoms in total. The molecule has 1 fully saturated rings. The van der Waals surface area contributed by atoms with Crippen molar-refractivity contribution in [2.24, 2.45) is 11.8 Å². The Kier molecular flexibility index (Phi) is 6.56. The Labute approximate surface area is 130 Å². The Bertz CT molecular complexity index is 410. The van der Waals surface area contributed by atoms with Crippen LogP contribution in [0, 0.1) is 11.8 Å². The first-order valence-electron chi connectivity index (χ1n) is 8.62. The highest BCUT2D eigenvalue weighted by molar-refractivity contribution is 5.33. The van der Waals surface area contributed by atoms with Gasteiger partial charge in [-0.2, -0.15) is 0 Å². The maximum Gasteiger partial charge on any atom is 0.122 e. The normalized spacial score (nSPS) is 16.2. The van der Waals surface area contributed by atoms with Gasteiger partial charge < -0.3 is 10.1 Å². The van der Waals surface area contributed by atoms with Gasteiger partial charge in [0, 0.05) is 6.04 Å². The highest BCUT2D eigenvalue weighted by Gasteiger charge is 2.23. The lowest BCUT2D eigenvalue weighted by atomic mass is 9.86. The zero-order valence-electron chi connectivity index (χ0n) is 13.9. The van der Waals surface area contributed by atoms with Crippen LogP contribution in [0.25, 0.3) is 0 Å². The fourth-order valence-electron chi connectivity index (χ4n) is 3.14. The molecule has 0 radical (unpaired) electrons. The summed E-state index contributed by atoms with van der Waals surface area (Å²) in [5.41, 5.74) is 1.36. The SMILES string of the molecule is CCC(CC)CC(CNC1CC1)Cc1ccccc1OC. The van der Waals surface area contributed by atoms with Gasteiger partial charge in [0.2, 0.25) is 0 Å². The summed E-state index contributed by atoms with van der Waals surface area (Å²) in [4.78, 5) is 0. The summed E-state index contributed by atoms with van der Waals surface area (Å²) in [7, 11) is 1.77. The highest BCUT2D eigenvalue weighted by atomic mass is 16.5. The molecular formula is C19H31NO. The van der Waals surface area contributed by atoms with E-state index in [0.29, 0.717) is 5.92 Å². The van der Waals surface area contributed by atoms with Gasteiger partial charge in [-0.05, 0) is 55.7 Å². The topological polar surface area (TPSA) is 21.3 Å². The number of nitrogens with one attached hydrogen (secondary N) is 1. The Hall–Kier alpha value is -1.02. The van der Waals surface area contributed by atoms with Crippen molar-refractivity contribution in [2.45, 2.75) is 58.4 Å². The summed E-state index contributed by atoms with van der Waals surface area (Å²) < 4.78 is 5.52. The Morgan fingerprint density at radius 2 is 1.86 bits per heavy atom. The molecule has 0 saturated heterocycles. The van der Waals surface area contributed by atoms with Gasteiger partial charge in [0.25, 0.3) is 0 Å². The van der Waals surface area contributed by atoms with Crippen LogP contribution in [0.1, 0.15) is 51.5 Å². The van der Waals surface area contributed by atoms with Gasteiger partial charge in [-0.25, -0.2) is 0 Å². The summed E-state index contributed by atoms with van der Waals surface area (Å²) in [6, 6.07) is 9.28. The first kappa shape index (κ1) is 16.4. The number of rotatable bonds is 10. The van der Waals surface area contributed by atoms with E-state index in [0.717, 1.165) is 30.7 Å². The van der Waals surface area contributed by atoms with Gasteiger partial charge in [-0.1, -0.05) is 44.9 Å². The van der Waals surface area contributed by atoms with Gasteiger partial charge in [0.05, 0.1) is 7.11 Å². The third-order valence-electron chi connectivity index (χ3n) is 4.80. The average molecular weight is 289 g/mol. The number of benzene rings is 1. The van der Waals surface area contributed by atoms with Gasteiger partial charge >= 0.3 is 0 Å². The van der Waals surface area contributed by atoms with Crippen molar-refractivity contribution in [1.82, 2.24) is 5.32 Å². The van der Waals surface area contributed by atoms with E-state index in [1.165, 1.54) is 37.7 Å². The van der Waals surface area contributed by atoms with Crippen LogP contribution in [0.15, 0.2) is 24.3 Å². The zero-order valence-corrected chi connectivity index (χ0v) is 13.9. The predicted molar refractivity (Wildman–Crippen MR) is 89.9 cm³/mol. The van der Waals surface area contributed by atoms with Gasteiger partial charge in [-0.3, -0.25) is 0 Å². The van der Waals surface area contributed by atoms with E-state index >= 15 is 0 Å². The highest BCUT2D eigenvalue weighted by Crippen LogP contribution is 2.27. The predicted octanol–water partition coefficient (Wildman–Crippen LogP) is 4.43. The van der Waals surface area contributed by atoms with Crippen LogP contribution in [0.4, 0.5) is 0 Å². The lowest BCUT2D eigenvalue weighted by Gasteiger charge is -2.23. The quantitative estimate of drug-likeness (QED) is 0.688. The lowest BCUT2D eigenvalue weighted by molar-refractivity contribution is 0.332. The van der Waals surface area contributed by atoms with Crippen LogP contribution in [-0.2, 0) is 6.42 Å². The van der Waals surface area contributed by atoms with Crippen LogP contribution in [0.3, 0.4) is 0 Å². The molecule has 1 aliphatic carbocycles. The summed E-state index contributed by atoms with van der Waals surface area (Å²) in [5.74, 6) is 2.61. The van der Waals surface area contributed by atoms with E-state index in [2.05, 4.69) is 43.4 Å². The molecule has 0 heterocycles. The molecule has 0 aromatic heterocycles. The van der Waals surface area contributed by atoms with Crippen LogP contribution in [-0.4, -0.2) is 19.7 Å². The third-order valence-corrected chi connectivity index (χ3v) is 4.80. The molecule has 1 unspecified atom stereocenters. The van der Waals surface area contributed by atoms with E-state index in [1.807, 2.05) is 0 Å². The van der Waals surface area contributed by atoms with E-state index in [9.17, 15) is 0 Å². The Morgan fingerprint density at radius 1 is 1.14 bits per heavy atom. The second kappa shape index (κ2) is 8.43. The molecule has 118 valence electrons. The fourth-order valence-corrected chi connectivity index (χ4v) is 3.14. The maximum absolute atomic E-state index is 5.52. The van der Waals surface area contributed by atoms with E-state index < -0.39 is 0 Å². The minimum Gasteiger partial charge on any atom is -0.496 e. The van der Waals surface area contributed by atoms with Crippen molar-refractivity contribution < 1.29 is 4.74 Å². The minimum absolute atomic E-state index is 0.715. The smallest absolute Gasteiger partial charge is 0.122 e. The molecule has 0 amide bonds. The van der Waals surface area contributed by atoms with Crippen molar-refractivity contribution >= 4 is 0 Å². The van der Waals surface area contributed by atoms with E-state index in [1.54, 1.807) is 7.11 Å². The maximum atomic E-state index is 5.52. The summed E-state index contributed by atoms with van der Waals surface area (Å²) in [6.07, 6.45) is 7.77. The summed E-state index contributed by atoms with van der Waals surface area (Å²) in [5, 5.41) is 3.73. The Morgan fingerprint density at radius 3 is 2.48 bits per heavy atom. The number of hydrogen-bond donors (Lipinski definition) is 1. The van der Waals surface area contributed by atoms with Crippen molar-refractivity contribution in [3.8, 4) is 5.75 Å². The molecule has 0 aliphatic heterocycles. The second-order valence-electron chi connectivity index (χ2n) is 6.48. The molecule has 2 heteroatoms. The zero-order chi connectivity index (χ0) is 15.1. The molecule has 0 bridgehead atoms. The van der Waals surface area contributed by atoms with Crippen molar-refractivity contribution in [2.75, 3.05) is 13.7 Å². The molecule has 1 aliphatic rings. The second-order valence-corrected chi connectivity index (χ2v) is 6.48. The molecule has 2 rings (SSSR count). The third kappa shape index (κ3) is 5.35. The fraction of sp³-hybridized carbons (Fsp3) is 0.684. The van der Waals surface area contributed by atoms with Crippen LogP contribution >= 0.6 is 0 Å². The van der Waals surface area contributed by atoms with Crippen molar-refractivity contribution in [1.29, 1.82) is 0 Å². The van der Waals surface area contributed by atoms with Crippen LogP contribution in [0.2, 0.25) is 0 Å². The molecule has 21 heavy (non-hydrogen) atoms. The van der Waals surface area contributed by atoms with Gasteiger partial charge in [0.1, 0.15) is 5.75 Å². The van der Waals surface area contributed by atoms with Crippen molar-refractivity contribution in [3.05, 3.63) is 29.8 Å². The summed E-state index contributed by atoms with van der Waals surface area (Å²) in [6.45, 7) is 5.80. The Balaban J connectivity index is 1.98. The van der Waals surface area contributed by atoms with Crippen LogP contribution in [0.5, 0.6) is 5.75 Å². The lowest BCUT2D eigenvalue weighted by Crippen LogP contribution is -2.27. The van der Waals surface area contributed by atoms with E-state index in [-0.39, 0.29) is 0 Å².